The number of benzene rings is 1. The minimum Gasteiger partial charge on any atom is -0.410 e. The molecule has 1 aliphatic rings. The van der Waals surface area contributed by atoms with Crippen molar-refractivity contribution in [2.45, 2.75) is 18.9 Å². The average Bonchev–Trinajstić information content (AvgIpc) is 2.87. The fourth-order valence-electron chi connectivity index (χ4n) is 1.06. The molecule has 0 atom stereocenters. The summed E-state index contributed by atoms with van der Waals surface area (Å²) in [6, 6.07) is 7.07. The second kappa shape index (κ2) is 3.88. The van der Waals surface area contributed by atoms with E-state index < -0.39 is 6.09 Å². The molecule has 0 heterocycles. The smallest absolute Gasteiger partial charge is 0.410 e. The van der Waals surface area contributed by atoms with Crippen LogP contribution in [0.1, 0.15) is 12.8 Å². The molecule has 1 aromatic carbocycles. The van der Waals surface area contributed by atoms with Gasteiger partial charge in [0.1, 0.15) is 5.75 Å². The van der Waals surface area contributed by atoms with E-state index in [0.717, 1.165) is 12.8 Å². The van der Waals surface area contributed by atoms with Crippen LogP contribution >= 0.6 is 11.6 Å². The molecule has 1 amide bonds. The number of rotatable bonds is 2. The van der Waals surface area contributed by atoms with Crippen molar-refractivity contribution in [3.05, 3.63) is 29.3 Å². The van der Waals surface area contributed by atoms with Crippen molar-refractivity contribution >= 4 is 17.7 Å². The van der Waals surface area contributed by atoms with Crippen LogP contribution in [0, 0.1) is 0 Å². The second-order valence-electron chi connectivity index (χ2n) is 3.27. The predicted molar refractivity (Wildman–Crippen MR) is 53.6 cm³/mol. The van der Waals surface area contributed by atoms with E-state index in [9.17, 15) is 4.79 Å². The standard InChI is InChI=1S/C10H10ClNO2/c11-7-2-1-3-9(6-7)14-10(13)12-8-4-5-8/h1-3,6,8H,4-5H2,(H,12,13). The number of hydrogen-bond donors (Lipinski definition) is 1. The van der Waals surface area contributed by atoms with Crippen molar-refractivity contribution in [1.29, 1.82) is 0 Å². The zero-order chi connectivity index (χ0) is 9.97. The molecule has 1 aromatic rings. The highest BCUT2D eigenvalue weighted by molar-refractivity contribution is 6.30. The third-order valence-corrected chi connectivity index (χ3v) is 2.14. The van der Waals surface area contributed by atoms with Crippen molar-refractivity contribution < 1.29 is 9.53 Å². The summed E-state index contributed by atoms with van der Waals surface area (Å²) >= 11 is 5.73. The highest BCUT2D eigenvalue weighted by atomic mass is 35.5. The van der Waals surface area contributed by atoms with Gasteiger partial charge in [-0.2, -0.15) is 0 Å². The summed E-state index contributed by atoms with van der Waals surface area (Å²) in [4.78, 5) is 11.2. The number of nitrogens with one attached hydrogen (secondary N) is 1. The van der Waals surface area contributed by atoms with Crippen LogP contribution < -0.4 is 10.1 Å². The molecule has 1 N–H and O–H groups in total. The predicted octanol–water partition coefficient (Wildman–Crippen LogP) is 2.59. The van der Waals surface area contributed by atoms with Crippen molar-refractivity contribution in [2.24, 2.45) is 0 Å². The first-order valence-electron chi connectivity index (χ1n) is 4.48. The molecule has 1 aliphatic carbocycles. The fraction of sp³-hybridized carbons (Fsp3) is 0.300. The molecule has 1 saturated carbocycles. The van der Waals surface area contributed by atoms with E-state index in [1.807, 2.05) is 0 Å². The van der Waals surface area contributed by atoms with Gasteiger partial charge in [-0.05, 0) is 31.0 Å². The lowest BCUT2D eigenvalue weighted by Crippen LogP contribution is -2.28. The van der Waals surface area contributed by atoms with Gasteiger partial charge in [0.2, 0.25) is 0 Å². The number of carbonyl (C=O) groups excluding carboxylic acids is 1. The molecular formula is C10H10ClNO2. The molecular weight excluding hydrogens is 202 g/mol. The molecule has 4 heteroatoms. The van der Waals surface area contributed by atoms with E-state index >= 15 is 0 Å². The molecule has 0 unspecified atom stereocenters. The normalized spacial score (nSPS) is 14.9. The first kappa shape index (κ1) is 9.34. The number of halogens is 1. The Morgan fingerprint density at radius 2 is 2.29 bits per heavy atom. The van der Waals surface area contributed by atoms with Gasteiger partial charge < -0.3 is 10.1 Å². The maximum Gasteiger partial charge on any atom is 0.412 e. The summed E-state index contributed by atoms with van der Waals surface area (Å²) in [7, 11) is 0. The van der Waals surface area contributed by atoms with Gasteiger partial charge in [0, 0.05) is 11.1 Å². The Bertz CT molecular complexity index is 350. The van der Waals surface area contributed by atoms with Crippen LogP contribution in [0.2, 0.25) is 5.02 Å². The topological polar surface area (TPSA) is 38.3 Å². The fourth-order valence-corrected chi connectivity index (χ4v) is 1.24. The lowest BCUT2D eigenvalue weighted by molar-refractivity contribution is 0.200. The highest BCUT2D eigenvalue weighted by Gasteiger charge is 2.24. The average molecular weight is 212 g/mol. The Balaban J connectivity index is 1.92. The Labute approximate surface area is 87.0 Å². The number of ether oxygens (including phenoxy) is 1. The minimum atomic E-state index is -0.408. The zero-order valence-electron chi connectivity index (χ0n) is 7.50. The summed E-state index contributed by atoms with van der Waals surface area (Å²) in [5.41, 5.74) is 0. The Hall–Kier alpha value is -1.22. The third kappa shape index (κ3) is 2.64. The third-order valence-electron chi connectivity index (χ3n) is 1.91. The molecule has 0 bridgehead atoms. The summed E-state index contributed by atoms with van der Waals surface area (Å²) in [6.45, 7) is 0. The van der Waals surface area contributed by atoms with Crippen LogP contribution in [0.4, 0.5) is 4.79 Å². The summed E-state index contributed by atoms with van der Waals surface area (Å²) < 4.78 is 5.01. The number of hydrogen-bond acceptors (Lipinski definition) is 2. The summed E-state index contributed by atoms with van der Waals surface area (Å²) in [5, 5.41) is 3.27. The summed E-state index contributed by atoms with van der Waals surface area (Å²) in [6.07, 6.45) is 1.68. The van der Waals surface area contributed by atoms with E-state index in [-0.39, 0.29) is 0 Å². The summed E-state index contributed by atoms with van der Waals surface area (Å²) in [5.74, 6) is 0.468. The minimum absolute atomic E-state index is 0.307. The van der Waals surface area contributed by atoms with Gasteiger partial charge in [-0.15, -0.1) is 0 Å². The molecule has 0 saturated heterocycles. The van der Waals surface area contributed by atoms with Gasteiger partial charge in [0.05, 0.1) is 0 Å². The van der Waals surface area contributed by atoms with E-state index in [2.05, 4.69) is 5.32 Å². The molecule has 74 valence electrons. The van der Waals surface area contributed by atoms with Gasteiger partial charge >= 0.3 is 6.09 Å². The molecule has 0 spiro atoms. The van der Waals surface area contributed by atoms with Gasteiger partial charge in [-0.25, -0.2) is 4.79 Å². The quantitative estimate of drug-likeness (QED) is 0.817. The Kier molecular flexibility index (Phi) is 2.59. The first-order chi connectivity index (χ1) is 6.74. The van der Waals surface area contributed by atoms with E-state index in [1.165, 1.54) is 0 Å². The number of amides is 1. The highest BCUT2D eigenvalue weighted by Crippen LogP contribution is 2.20. The van der Waals surface area contributed by atoms with Gasteiger partial charge in [-0.3, -0.25) is 0 Å². The second-order valence-corrected chi connectivity index (χ2v) is 3.70. The lowest BCUT2D eigenvalue weighted by Gasteiger charge is -2.04. The molecule has 3 nitrogen and oxygen atoms in total. The molecule has 0 radical (unpaired) electrons. The van der Waals surface area contributed by atoms with Crippen molar-refractivity contribution in [3.8, 4) is 5.75 Å². The maximum absolute atomic E-state index is 11.2. The van der Waals surface area contributed by atoms with Crippen LogP contribution in [-0.2, 0) is 0 Å². The SMILES string of the molecule is O=C(NC1CC1)Oc1cccc(Cl)c1. The number of carbonyl (C=O) groups is 1. The van der Waals surface area contributed by atoms with Crippen molar-refractivity contribution in [2.75, 3.05) is 0 Å². The van der Waals surface area contributed by atoms with E-state index in [4.69, 9.17) is 16.3 Å². The van der Waals surface area contributed by atoms with Crippen molar-refractivity contribution in [1.82, 2.24) is 5.32 Å². The lowest BCUT2D eigenvalue weighted by atomic mass is 10.3. The van der Waals surface area contributed by atoms with Crippen molar-refractivity contribution in [3.63, 3.8) is 0 Å². The molecule has 14 heavy (non-hydrogen) atoms. The van der Waals surface area contributed by atoms with E-state index in [1.54, 1.807) is 24.3 Å². The monoisotopic (exact) mass is 211 g/mol. The van der Waals surface area contributed by atoms with Crippen LogP contribution in [0.25, 0.3) is 0 Å². The van der Waals surface area contributed by atoms with Gasteiger partial charge in [-0.1, -0.05) is 17.7 Å². The molecule has 2 rings (SSSR count). The maximum atomic E-state index is 11.2. The molecule has 0 aliphatic heterocycles. The molecule has 1 fully saturated rings. The van der Waals surface area contributed by atoms with Crippen LogP contribution in [-0.4, -0.2) is 12.1 Å². The zero-order valence-corrected chi connectivity index (χ0v) is 8.25. The van der Waals surface area contributed by atoms with Gasteiger partial charge in [0.25, 0.3) is 0 Å². The van der Waals surface area contributed by atoms with Crippen LogP contribution in [0.5, 0.6) is 5.75 Å². The Morgan fingerprint density at radius 3 is 2.93 bits per heavy atom. The van der Waals surface area contributed by atoms with Crippen LogP contribution in [0.3, 0.4) is 0 Å². The van der Waals surface area contributed by atoms with E-state index in [0.29, 0.717) is 16.8 Å². The Morgan fingerprint density at radius 1 is 1.50 bits per heavy atom. The van der Waals surface area contributed by atoms with Gasteiger partial charge in [0.15, 0.2) is 0 Å². The van der Waals surface area contributed by atoms with Crippen LogP contribution in [0.15, 0.2) is 24.3 Å². The largest absolute Gasteiger partial charge is 0.412 e. The first-order valence-corrected chi connectivity index (χ1v) is 4.86. The molecule has 0 aromatic heterocycles.